The number of hydrogen-bond acceptors (Lipinski definition) is 4. The highest BCUT2D eigenvalue weighted by Crippen LogP contribution is 2.18. The summed E-state index contributed by atoms with van der Waals surface area (Å²) in [5.41, 5.74) is 3.48. The average Bonchev–Trinajstić information content (AvgIpc) is 3.13. The number of nitrogens with one attached hydrogen (secondary N) is 2. The van der Waals surface area contributed by atoms with Crippen molar-refractivity contribution in [1.82, 2.24) is 9.38 Å². The third-order valence-electron chi connectivity index (χ3n) is 5.33. The lowest BCUT2D eigenvalue weighted by Gasteiger charge is -2.29. The summed E-state index contributed by atoms with van der Waals surface area (Å²) >= 11 is 1.51. The Bertz CT molecular complexity index is 989. The van der Waals surface area contributed by atoms with Crippen molar-refractivity contribution in [3.63, 3.8) is 0 Å². The number of rotatable bonds is 5. The van der Waals surface area contributed by atoms with Crippen molar-refractivity contribution in [1.29, 1.82) is 0 Å². The van der Waals surface area contributed by atoms with Crippen LogP contribution in [0.1, 0.15) is 16.8 Å². The first-order valence-electron chi connectivity index (χ1n) is 9.39. The first-order valence-corrected chi connectivity index (χ1v) is 10.3. The molecule has 142 valence electrons. The molecule has 0 unspecified atom stereocenters. The van der Waals surface area contributed by atoms with Crippen LogP contribution in [0.5, 0.6) is 5.75 Å². The Labute approximate surface area is 162 Å². The minimum absolute atomic E-state index is 0.0199. The number of thiazole rings is 1. The van der Waals surface area contributed by atoms with Crippen LogP contribution in [0.3, 0.4) is 0 Å². The van der Waals surface area contributed by atoms with E-state index < -0.39 is 0 Å². The Balaban J connectivity index is 1.37. The van der Waals surface area contributed by atoms with Gasteiger partial charge in [0.2, 0.25) is 0 Å². The first kappa shape index (κ1) is 18.2. The zero-order valence-electron chi connectivity index (χ0n) is 15.8. The maximum Gasteiger partial charge on any atom is 0.258 e. The highest BCUT2D eigenvalue weighted by Gasteiger charge is 2.24. The second kappa shape index (κ2) is 7.80. The fourth-order valence-corrected chi connectivity index (χ4v) is 4.60. The molecule has 1 aliphatic heterocycles. The quantitative estimate of drug-likeness (QED) is 0.625. The highest BCUT2D eigenvalue weighted by molar-refractivity contribution is 7.15. The third kappa shape index (κ3) is 4.05. The van der Waals surface area contributed by atoms with Gasteiger partial charge in [0.05, 0.1) is 7.11 Å². The molecule has 1 aromatic carbocycles. The van der Waals surface area contributed by atoms with Crippen molar-refractivity contribution in [3.05, 3.63) is 63.0 Å². The molecule has 3 heterocycles. The molecular weight excluding hydrogens is 360 g/mol. The number of aromatic nitrogens is 2. The van der Waals surface area contributed by atoms with Gasteiger partial charge in [-0.25, -0.2) is 4.98 Å². The molecule has 0 saturated carbocycles. The molecule has 0 aliphatic carbocycles. The summed E-state index contributed by atoms with van der Waals surface area (Å²) in [6, 6.07) is 8.08. The molecule has 4 rings (SSSR count). The number of benzene rings is 1. The van der Waals surface area contributed by atoms with E-state index in [1.807, 2.05) is 5.38 Å². The Kier molecular flexibility index (Phi) is 5.24. The number of piperazine rings is 1. The van der Waals surface area contributed by atoms with Crippen LogP contribution in [-0.2, 0) is 13.1 Å². The van der Waals surface area contributed by atoms with Crippen molar-refractivity contribution in [2.75, 3.05) is 33.3 Å². The minimum atomic E-state index is 0.0199. The van der Waals surface area contributed by atoms with Crippen molar-refractivity contribution in [2.24, 2.45) is 0 Å². The molecule has 3 aromatic rings. The number of quaternary nitrogens is 2. The van der Waals surface area contributed by atoms with E-state index in [1.165, 1.54) is 27.4 Å². The van der Waals surface area contributed by atoms with Gasteiger partial charge in [-0.3, -0.25) is 9.20 Å². The number of nitrogens with zero attached hydrogens (tertiary/aromatic N) is 2. The molecule has 0 atom stereocenters. The predicted molar refractivity (Wildman–Crippen MR) is 106 cm³/mol. The average molecular weight is 387 g/mol. The van der Waals surface area contributed by atoms with Gasteiger partial charge in [-0.05, 0) is 19.1 Å². The second-order valence-electron chi connectivity index (χ2n) is 7.31. The van der Waals surface area contributed by atoms with Gasteiger partial charge in [0.15, 0.2) is 4.96 Å². The van der Waals surface area contributed by atoms with E-state index in [-0.39, 0.29) is 5.56 Å². The summed E-state index contributed by atoms with van der Waals surface area (Å²) in [6.45, 7) is 8.37. The molecule has 7 heteroatoms. The number of ether oxygens (including phenoxy) is 1. The summed E-state index contributed by atoms with van der Waals surface area (Å²) in [6.07, 6.45) is 1.79. The van der Waals surface area contributed by atoms with Gasteiger partial charge < -0.3 is 14.5 Å². The SMILES string of the molecule is COc1ccc(C)cc1C[NH+]1CC[NH+](Cc2cc(=O)n3ccsc3n2)CC1. The molecule has 0 spiro atoms. The third-order valence-corrected chi connectivity index (χ3v) is 6.08. The molecule has 2 aromatic heterocycles. The molecule has 0 bridgehead atoms. The van der Waals surface area contributed by atoms with Gasteiger partial charge in [-0.15, -0.1) is 11.3 Å². The monoisotopic (exact) mass is 386 g/mol. The first-order chi connectivity index (χ1) is 13.1. The number of hydrogen-bond donors (Lipinski definition) is 2. The molecular formula is C20H26N4O2S+2. The number of aryl methyl sites for hydroxylation is 1. The van der Waals surface area contributed by atoms with Crippen LogP contribution in [0.15, 0.2) is 40.6 Å². The predicted octanol–water partition coefficient (Wildman–Crippen LogP) is -0.443. The van der Waals surface area contributed by atoms with Gasteiger partial charge in [0.25, 0.3) is 5.56 Å². The van der Waals surface area contributed by atoms with E-state index in [4.69, 9.17) is 4.74 Å². The largest absolute Gasteiger partial charge is 0.496 e. The van der Waals surface area contributed by atoms with E-state index >= 15 is 0 Å². The zero-order valence-corrected chi connectivity index (χ0v) is 16.6. The standard InChI is InChI=1S/C20H24N4O2S/c1-15-3-4-18(26-2)16(11-15)13-22-5-7-23(8-6-22)14-17-12-19(25)24-9-10-27-20(24)21-17/h3-4,9-12H,5-8,13-14H2,1-2H3/p+2. The van der Waals surface area contributed by atoms with Crippen molar-refractivity contribution in [2.45, 2.75) is 20.0 Å². The van der Waals surface area contributed by atoms with Gasteiger partial charge >= 0.3 is 0 Å². The summed E-state index contributed by atoms with van der Waals surface area (Å²) < 4.78 is 7.14. The second-order valence-corrected chi connectivity index (χ2v) is 8.18. The maximum absolute atomic E-state index is 12.1. The van der Waals surface area contributed by atoms with Crippen molar-refractivity contribution < 1.29 is 14.5 Å². The van der Waals surface area contributed by atoms with Crippen molar-refractivity contribution >= 4 is 16.3 Å². The Morgan fingerprint density at radius 1 is 1.15 bits per heavy atom. The van der Waals surface area contributed by atoms with Crippen LogP contribution < -0.4 is 20.1 Å². The van der Waals surface area contributed by atoms with Crippen LogP contribution in [0, 0.1) is 6.92 Å². The highest BCUT2D eigenvalue weighted by atomic mass is 32.1. The number of fused-ring (bicyclic) bond motifs is 1. The van der Waals surface area contributed by atoms with E-state index in [9.17, 15) is 4.79 Å². The summed E-state index contributed by atoms with van der Waals surface area (Å²) in [5, 5.41) is 1.90. The smallest absolute Gasteiger partial charge is 0.258 e. The Hall–Kier alpha value is -2.22. The molecule has 0 radical (unpaired) electrons. The number of methoxy groups -OCH3 is 1. The normalized spacial score (nSPS) is 20.1. The molecule has 0 amide bonds. The molecule has 6 nitrogen and oxygen atoms in total. The topological polar surface area (TPSA) is 52.5 Å². The molecule has 27 heavy (non-hydrogen) atoms. The van der Waals surface area contributed by atoms with E-state index in [0.717, 1.165) is 55.7 Å². The lowest BCUT2D eigenvalue weighted by Crippen LogP contribution is -3.27. The van der Waals surface area contributed by atoms with Gasteiger partial charge in [0, 0.05) is 23.2 Å². The summed E-state index contributed by atoms with van der Waals surface area (Å²) in [7, 11) is 1.74. The van der Waals surface area contributed by atoms with Gasteiger partial charge in [-0.2, -0.15) is 0 Å². The van der Waals surface area contributed by atoms with Crippen LogP contribution in [0.2, 0.25) is 0 Å². The molecule has 1 fully saturated rings. The van der Waals surface area contributed by atoms with Crippen molar-refractivity contribution in [3.8, 4) is 5.75 Å². The molecule has 1 saturated heterocycles. The van der Waals surface area contributed by atoms with Crippen LogP contribution in [0.4, 0.5) is 0 Å². The van der Waals surface area contributed by atoms with Crippen LogP contribution in [0.25, 0.3) is 4.96 Å². The van der Waals surface area contributed by atoms with E-state index in [1.54, 1.807) is 28.7 Å². The van der Waals surface area contributed by atoms with E-state index in [0.29, 0.717) is 0 Å². The van der Waals surface area contributed by atoms with Crippen LogP contribution >= 0.6 is 11.3 Å². The fourth-order valence-electron chi connectivity index (χ4n) is 3.86. The molecule has 2 N–H and O–H groups in total. The summed E-state index contributed by atoms with van der Waals surface area (Å²) in [5.74, 6) is 0.983. The molecule has 1 aliphatic rings. The summed E-state index contributed by atoms with van der Waals surface area (Å²) in [4.78, 5) is 20.7. The van der Waals surface area contributed by atoms with Crippen LogP contribution in [-0.4, -0.2) is 42.7 Å². The Morgan fingerprint density at radius 2 is 1.89 bits per heavy atom. The lowest BCUT2D eigenvalue weighted by atomic mass is 10.1. The minimum Gasteiger partial charge on any atom is -0.496 e. The fraction of sp³-hybridized carbons (Fsp3) is 0.400. The lowest BCUT2D eigenvalue weighted by molar-refractivity contribution is -1.02. The van der Waals surface area contributed by atoms with E-state index in [2.05, 4.69) is 30.1 Å². The van der Waals surface area contributed by atoms with Gasteiger partial charge in [-0.1, -0.05) is 11.6 Å². The maximum atomic E-state index is 12.1. The zero-order chi connectivity index (χ0) is 18.8. The Morgan fingerprint density at radius 3 is 2.63 bits per heavy atom. The van der Waals surface area contributed by atoms with Gasteiger partial charge in [0.1, 0.15) is 50.7 Å².